The molecule has 1 heterocycles. The molecule has 1 aliphatic heterocycles. The van der Waals surface area contributed by atoms with Crippen LogP contribution < -0.4 is 4.72 Å². The van der Waals surface area contributed by atoms with Gasteiger partial charge >= 0.3 is 0 Å². The molecule has 4 rings (SSSR count). The van der Waals surface area contributed by atoms with E-state index >= 15 is 0 Å². The van der Waals surface area contributed by atoms with E-state index in [0.29, 0.717) is 5.56 Å². The Labute approximate surface area is 171 Å². The molecule has 3 aromatic carbocycles. The lowest BCUT2D eigenvalue weighted by molar-refractivity contribution is 0.248. The fraction of sp³-hybridized carbons (Fsp3) is 0.304. The summed E-state index contributed by atoms with van der Waals surface area (Å²) in [6, 6.07) is 18.2. The summed E-state index contributed by atoms with van der Waals surface area (Å²) in [7, 11) is -3.73. The van der Waals surface area contributed by atoms with Gasteiger partial charge in [0.15, 0.2) is 0 Å². The monoisotopic (exact) mass is 412 g/mol. The molecule has 29 heavy (non-hydrogen) atoms. The Morgan fingerprint density at radius 2 is 1.76 bits per heavy atom. The predicted octanol–water partition coefficient (Wildman–Crippen LogP) is 4.40. The second-order valence-corrected chi connectivity index (χ2v) is 9.36. The van der Waals surface area contributed by atoms with Crippen LogP contribution in [-0.4, -0.2) is 33.0 Å². The van der Waals surface area contributed by atoms with E-state index in [4.69, 9.17) is 0 Å². The van der Waals surface area contributed by atoms with Crippen molar-refractivity contribution in [2.75, 3.05) is 19.6 Å². The van der Waals surface area contributed by atoms with Crippen LogP contribution in [0.1, 0.15) is 30.0 Å². The minimum absolute atomic E-state index is 0.0556. The van der Waals surface area contributed by atoms with Crippen LogP contribution in [-0.2, 0) is 10.0 Å². The van der Waals surface area contributed by atoms with Crippen LogP contribution in [0, 0.1) is 12.7 Å². The molecule has 0 unspecified atom stereocenters. The van der Waals surface area contributed by atoms with E-state index in [1.807, 2.05) is 18.2 Å². The Morgan fingerprint density at radius 1 is 1.03 bits per heavy atom. The van der Waals surface area contributed by atoms with E-state index in [1.165, 1.54) is 18.2 Å². The number of rotatable bonds is 6. The number of halogens is 1. The van der Waals surface area contributed by atoms with Gasteiger partial charge in [0.1, 0.15) is 5.82 Å². The number of aryl methyl sites for hydroxylation is 1. The Bertz CT molecular complexity index is 1120. The number of nitrogens with one attached hydrogen (secondary N) is 1. The summed E-state index contributed by atoms with van der Waals surface area (Å²) in [5.41, 5.74) is 1.45. The number of fused-ring (bicyclic) bond motifs is 1. The van der Waals surface area contributed by atoms with Crippen molar-refractivity contribution < 1.29 is 12.8 Å². The third-order valence-electron chi connectivity index (χ3n) is 5.67. The molecule has 4 nitrogen and oxygen atoms in total. The molecule has 1 atom stereocenters. The number of benzene rings is 3. The van der Waals surface area contributed by atoms with Gasteiger partial charge in [0.2, 0.25) is 10.0 Å². The van der Waals surface area contributed by atoms with Gasteiger partial charge in [-0.2, -0.15) is 0 Å². The maximum Gasteiger partial charge on any atom is 0.240 e. The molecule has 1 saturated heterocycles. The normalized spacial score (nSPS) is 16.3. The fourth-order valence-electron chi connectivity index (χ4n) is 4.09. The minimum Gasteiger partial charge on any atom is -0.295 e. The summed E-state index contributed by atoms with van der Waals surface area (Å²) >= 11 is 0. The first-order chi connectivity index (χ1) is 14.0. The van der Waals surface area contributed by atoms with Crippen molar-refractivity contribution in [3.8, 4) is 0 Å². The van der Waals surface area contributed by atoms with Gasteiger partial charge in [-0.05, 0) is 73.0 Å². The van der Waals surface area contributed by atoms with Crippen molar-refractivity contribution in [2.24, 2.45) is 0 Å². The molecular formula is C23H25FN2O2S. The summed E-state index contributed by atoms with van der Waals surface area (Å²) in [5.74, 6) is -0.408. The van der Waals surface area contributed by atoms with Crippen LogP contribution >= 0.6 is 0 Å². The number of hydrogen-bond acceptors (Lipinski definition) is 3. The van der Waals surface area contributed by atoms with Gasteiger partial charge in [-0.1, -0.05) is 42.5 Å². The maximum atomic E-state index is 13.6. The third-order valence-corrected chi connectivity index (χ3v) is 7.09. The van der Waals surface area contributed by atoms with Gasteiger partial charge in [-0.25, -0.2) is 17.5 Å². The summed E-state index contributed by atoms with van der Waals surface area (Å²) < 4.78 is 42.0. The topological polar surface area (TPSA) is 49.4 Å². The number of sulfonamides is 1. The second-order valence-electron chi connectivity index (χ2n) is 7.59. The molecule has 1 N–H and O–H groups in total. The van der Waals surface area contributed by atoms with Crippen LogP contribution in [0.5, 0.6) is 0 Å². The zero-order valence-corrected chi connectivity index (χ0v) is 17.3. The Balaban J connectivity index is 1.65. The molecule has 0 aromatic heterocycles. The highest BCUT2D eigenvalue weighted by atomic mass is 32.2. The average molecular weight is 413 g/mol. The van der Waals surface area contributed by atoms with Gasteiger partial charge in [0.05, 0.1) is 4.90 Å². The molecule has 0 amide bonds. The first-order valence-corrected chi connectivity index (χ1v) is 11.4. The van der Waals surface area contributed by atoms with E-state index in [1.54, 1.807) is 6.92 Å². The molecule has 6 heteroatoms. The molecule has 0 radical (unpaired) electrons. The van der Waals surface area contributed by atoms with Crippen molar-refractivity contribution in [2.45, 2.75) is 30.7 Å². The van der Waals surface area contributed by atoms with Gasteiger partial charge in [0, 0.05) is 12.6 Å². The SMILES string of the molecule is Cc1cc(S(=O)(=O)NC[C@H](c2cccc3ccccc23)N2CCCC2)ccc1F. The Hall–Kier alpha value is -2.28. The summed E-state index contributed by atoms with van der Waals surface area (Å²) in [4.78, 5) is 2.44. The quantitative estimate of drug-likeness (QED) is 0.653. The fourth-order valence-corrected chi connectivity index (χ4v) is 5.21. The predicted molar refractivity (Wildman–Crippen MR) is 114 cm³/mol. The molecule has 3 aromatic rings. The lowest BCUT2D eigenvalue weighted by Crippen LogP contribution is -2.37. The lowest BCUT2D eigenvalue weighted by atomic mass is 9.98. The van der Waals surface area contributed by atoms with Crippen LogP contribution in [0.15, 0.2) is 65.6 Å². The zero-order chi connectivity index (χ0) is 20.4. The van der Waals surface area contributed by atoms with E-state index in [9.17, 15) is 12.8 Å². The van der Waals surface area contributed by atoms with Crippen LogP contribution in [0.3, 0.4) is 0 Å². The smallest absolute Gasteiger partial charge is 0.240 e. The third kappa shape index (κ3) is 4.20. The van der Waals surface area contributed by atoms with Crippen molar-refractivity contribution in [1.82, 2.24) is 9.62 Å². The highest BCUT2D eigenvalue weighted by molar-refractivity contribution is 7.89. The molecule has 1 fully saturated rings. The largest absolute Gasteiger partial charge is 0.295 e. The van der Waals surface area contributed by atoms with Gasteiger partial charge < -0.3 is 0 Å². The molecule has 152 valence electrons. The van der Waals surface area contributed by atoms with E-state index in [2.05, 4.69) is 33.9 Å². The molecule has 1 aliphatic rings. The van der Waals surface area contributed by atoms with E-state index in [0.717, 1.165) is 42.3 Å². The molecule has 0 saturated carbocycles. The number of nitrogens with zero attached hydrogens (tertiary/aromatic N) is 1. The average Bonchev–Trinajstić information content (AvgIpc) is 3.25. The van der Waals surface area contributed by atoms with Crippen molar-refractivity contribution in [1.29, 1.82) is 0 Å². The van der Waals surface area contributed by atoms with Crippen LogP contribution in [0.4, 0.5) is 4.39 Å². The number of likely N-dealkylation sites (tertiary alicyclic amines) is 1. The van der Waals surface area contributed by atoms with Crippen molar-refractivity contribution in [3.05, 3.63) is 77.6 Å². The number of hydrogen-bond donors (Lipinski definition) is 1. The van der Waals surface area contributed by atoms with E-state index in [-0.39, 0.29) is 17.5 Å². The van der Waals surface area contributed by atoms with Crippen LogP contribution in [0.2, 0.25) is 0 Å². The summed E-state index contributed by atoms with van der Waals surface area (Å²) in [6.07, 6.45) is 2.23. The standard InChI is InChI=1S/C23H25FN2O2S/c1-17-15-19(11-12-22(17)24)29(27,28)25-16-23(26-13-4-5-14-26)21-10-6-8-18-7-2-3-9-20(18)21/h2-3,6-12,15,23,25H,4-5,13-14,16H2,1H3/t23-/m1/s1. The second kappa shape index (κ2) is 8.22. The molecule has 0 aliphatic carbocycles. The van der Waals surface area contributed by atoms with Crippen LogP contribution in [0.25, 0.3) is 10.8 Å². The first kappa shape index (κ1) is 20.0. The Kier molecular flexibility index (Phi) is 5.67. The van der Waals surface area contributed by atoms with Gasteiger partial charge in [0.25, 0.3) is 0 Å². The maximum absolute atomic E-state index is 13.6. The highest BCUT2D eigenvalue weighted by Crippen LogP contribution is 2.30. The zero-order valence-electron chi connectivity index (χ0n) is 16.4. The van der Waals surface area contributed by atoms with Crippen molar-refractivity contribution >= 4 is 20.8 Å². The van der Waals surface area contributed by atoms with E-state index < -0.39 is 15.8 Å². The summed E-state index contributed by atoms with van der Waals surface area (Å²) in [6.45, 7) is 3.74. The Morgan fingerprint density at radius 3 is 2.52 bits per heavy atom. The minimum atomic E-state index is -3.73. The van der Waals surface area contributed by atoms with Gasteiger partial charge in [-0.15, -0.1) is 0 Å². The first-order valence-electron chi connectivity index (χ1n) is 9.93. The van der Waals surface area contributed by atoms with Crippen molar-refractivity contribution in [3.63, 3.8) is 0 Å². The lowest BCUT2D eigenvalue weighted by Gasteiger charge is -2.29. The van der Waals surface area contributed by atoms with Gasteiger partial charge in [-0.3, -0.25) is 4.90 Å². The summed E-state index contributed by atoms with van der Waals surface area (Å²) in [5, 5.41) is 2.29. The molecule has 0 bridgehead atoms. The highest BCUT2D eigenvalue weighted by Gasteiger charge is 2.27. The molecule has 0 spiro atoms. The molecular weight excluding hydrogens is 387 g/mol.